The van der Waals surface area contributed by atoms with Gasteiger partial charge < -0.3 is 24.5 Å². The summed E-state index contributed by atoms with van der Waals surface area (Å²) in [5, 5.41) is 14.0. The second kappa shape index (κ2) is 10.5. The third-order valence-electron chi connectivity index (χ3n) is 5.78. The summed E-state index contributed by atoms with van der Waals surface area (Å²) in [6, 6.07) is 17.0. The second-order valence-electron chi connectivity index (χ2n) is 8.23. The van der Waals surface area contributed by atoms with Gasteiger partial charge in [-0.05, 0) is 36.2 Å². The number of aromatic nitrogens is 4. The van der Waals surface area contributed by atoms with Crippen LogP contribution in [0.5, 0.6) is 11.5 Å². The van der Waals surface area contributed by atoms with E-state index in [1.54, 1.807) is 43.0 Å². The van der Waals surface area contributed by atoms with Gasteiger partial charge >= 0.3 is 5.69 Å². The quantitative estimate of drug-likeness (QED) is 0.355. The van der Waals surface area contributed by atoms with Crippen LogP contribution in [-0.2, 0) is 27.1 Å². The lowest BCUT2D eigenvalue weighted by Gasteiger charge is -2.16. The molecule has 2 aromatic heterocycles. The third kappa shape index (κ3) is 5.22. The molecule has 2 aromatic carbocycles. The standard InChI is InChI=1S/C25H29N5O5/c1-28-22-21(23(32)29(2)25(28)33)30(24(27-22)26-14-13-17-7-5-4-6-8-17)15-18(31)16-35-20-11-9-19(34-3)10-12-20/h4-12,18,31H,13-16H2,1-3H3,(H,26,27)/t18-/m0/s1. The molecule has 10 heteroatoms. The van der Waals surface area contributed by atoms with Crippen LogP contribution in [0.2, 0.25) is 0 Å². The van der Waals surface area contributed by atoms with Crippen LogP contribution in [0.4, 0.5) is 5.95 Å². The highest BCUT2D eigenvalue weighted by Gasteiger charge is 2.21. The number of anilines is 1. The van der Waals surface area contributed by atoms with Gasteiger partial charge in [-0.2, -0.15) is 4.98 Å². The van der Waals surface area contributed by atoms with Crippen molar-refractivity contribution >= 4 is 17.1 Å². The number of aryl methyl sites for hydroxylation is 1. The molecule has 0 saturated heterocycles. The maximum Gasteiger partial charge on any atom is 0.332 e. The SMILES string of the molecule is COc1ccc(OC[C@@H](O)Cn2c(NCCc3ccccc3)nc3c2c(=O)n(C)c(=O)n3C)cc1. The van der Waals surface area contributed by atoms with E-state index in [0.29, 0.717) is 24.0 Å². The summed E-state index contributed by atoms with van der Waals surface area (Å²) in [4.78, 5) is 29.9. The largest absolute Gasteiger partial charge is 0.497 e. The minimum absolute atomic E-state index is 0.00152. The van der Waals surface area contributed by atoms with E-state index in [1.807, 2.05) is 30.3 Å². The molecule has 0 unspecified atom stereocenters. The van der Waals surface area contributed by atoms with Crippen LogP contribution in [0.15, 0.2) is 64.2 Å². The Hall–Kier alpha value is -4.05. The molecule has 0 aliphatic rings. The molecule has 2 N–H and O–H groups in total. The van der Waals surface area contributed by atoms with E-state index >= 15 is 0 Å². The lowest BCUT2D eigenvalue weighted by Crippen LogP contribution is -2.38. The Kier molecular flexibility index (Phi) is 7.21. The Balaban J connectivity index is 1.58. The van der Waals surface area contributed by atoms with Crippen molar-refractivity contribution in [2.75, 3.05) is 25.6 Å². The van der Waals surface area contributed by atoms with Crippen LogP contribution in [-0.4, -0.2) is 50.2 Å². The maximum atomic E-state index is 13.0. The van der Waals surface area contributed by atoms with E-state index < -0.39 is 17.4 Å². The molecule has 1 atom stereocenters. The number of rotatable bonds is 10. The second-order valence-corrected chi connectivity index (χ2v) is 8.23. The average molecular weight is 480 g/mol. The fourth-order valence-electron chi connectivity index (χ4n) is 3.85. The first kappa shape index (κ1) is 24.1. The van der Waals surface area contributed by atoms with Crippen LogP contribution in [0.25, 0.3) is 11.2 Å². The number of nitrogens with one attached hydrogen (secondary N) is 1. The molecule has 0 amide bonds. The van der Waals surface area contributed by atoms with Gasteiger partial charge in [-0.15, -0.1) is 0 Å². The van der Waals surface area contributed by atoms with Crippen LogP contribution >= 0.6 is 0 Å². The highest BCUT2D eigenvalue weighted by molar-refractivity contribution is 5.74. The highest BCUT2D eigenvalue weighted by atomic mass is 16.5. The molecule has 10 nitrogen and oxygen atoms in total. The third-order valence-corrected chi connectivity index (χ3v) is 5.78. The molecule has 0 spiro atoms. The smallest absolute Gasteiger partial charge is 0.332 e. The van der Waals surface area contributed by atoms with E-state index in [-0.39, 0.29) is 24.3 Å². The molecule has 0 aliphatic carbocycles. The molecule has 4 rings (SSSR count). The van der Waals surface area contributed by atoms with Crippen molar-refractivity contribution in [1.82, 2.24) is 18.7 Å². The fraction of sp³-hybridized carbons (Fsp3) is 0.320. The number of ether oxygens (including phenoxy) is 2. The Morgan fingerprint density at radius 2 is 1.69 bits per heavy atom. The summed E-state index contributed by atoms with van der Waals surface area (Å²) in [5.41, 5.74) is 0.698. The number of nitrogens with zero attached hydrogens (tertiary/aromatic N) is 4. The number of fused-ring (bicyclic) bond motifs is 1. The lowest BCUT2D eigenvalue weighted by atomic mass is 10.1. The predicted molar refractivity (Wildman–Crippen MR) is 133 cm³/mol. The molecule has 2 heterocycles. The van der Waals surface area contributed by atoms with Crippen molar-refractivity contribution in [2.45, 2.75) is 19.1 Å². The first-order chi connectivity index (χ1) is 16.9. The fourth-order valence-corrected chi connectivity index (χ4v) is 3.85. The molecule has 0 fully saturated rings. The van der Waals surface area contributed by atoms with Crippen molar-refractivity contribution < 1.29 is 14.6 Å². The van der Waals surface area contributed by atoms with Crippen molar-refractivity contribution in [1.29, 1.82) is 0 Å². The van der Waals surface area contributed by atoms with Crippen molar-refractivity contribution in [3.63, 3.8) is 0 Å². The van der Waals surface area contributed by atoms with E-state index in [9.17, 15) is 14.7 Å². The number of imidazole rings is 1. The van der Waals surface area contributed by atoms with Gasteiger partial charge in [-0.1, -0.05) is 30.3 Å². The van der Waals surface area contributed by atoms with Gasteiger partial charge in [0.25, 0.3) is 5.56 Å². The number of hydrogen-bond acceptors (Lipinski definition) is 7. The summed E-state index contributed by atoms with van der Waals surface area (Å²) in [6.07, 6.45) is -0.199. The minimum Gasteiger partial charge on any atom is -0.497 e. The van der Waals surface area contributed by atoms with E-state index in [0.717, 1.165) is 16.6 Å². The van der Waals surface area contributed by atoms with E-state index in [4.69, 9.17) is 9.47 Å². The van der Waals surface area contributed by atoms with Crippen molar-refractivity contribution in [3.8, 4) is 11.5 Å². The summed E-state index contributed by atoms with van der Waals surface area (Å²) in [5.74, 6) is 1.69. The molecular formula is C25H29N5O5. The van der Waals surface area contributed by atoms with Gasteiger partial charge in [0.1, 0.15) is 24.2 Å². The topological polar surface area (TPSA) is 113 Å². The molecular weight excluding hydrogens is 450 g/mol. The van der Waals surface area contributed by atoms with Gasteiger partial charge in [-0.3, -0.25) is 13.9 Å². The molecule has 0 radical (unpaired) electrons. The number of aliphatic hydroxyl groups is 1. The zero-order chi connectivity index (χ0) is 24.9. The van der Waals surface area contributed by atoms with Crippen molar-refractivity contribution in [3.05, 3.63) is 81.0 Å². The Morgan fingerprint density at radius 1 is 1.00 bits per heavy atom. The molecule has 4 aromatic rings. The molecule has 184 valence electrons. The van der Waals surface area contributed by atoms with Crippen LogP contribution in [0.1, 0.15) is 5.56 Å². The first-order valence-electron chi connectivity index (χ1n) is 11.3. The zero-order valence-electron chi connectivity index (χ0n) is 20.0. The number of methoxy groups -OCH3 is 1. The molecule has 0 bridgehead atoms. The van der Waals surface area contributed by atoms with Gasteiger partial charge in [0, 0.05) is 20.6 Å². The van der Waals surface area contributed by atoms with Crippen LogP contribution < -0.4 is 26.0 Å². The molecule has 0 aliphatic heterocycles. The van der Waals surface area contributed by atoms with Gasteiger partial charge in [0.2, 0.25) is 5.95 Å². The normalized spacial score (nSPS) is 12.0. The van der Waals surface area contributed by atoms with Gasteiger partial charge in [0.15, 0.2) is 11.2 Å². The van der Waals surface area contributed by atoms with E-state index in [2.05, 4.69) is 10.3 Å². The van der Waals surface area contributed by atoms with Crippen LogP contribution in [0, 0.1) is 0 Å². The predicted octanol–water partition coefficient (Wildman–Crippen LogP) is 1.54. The first-order valence-corrected chi connectivity index (χ1v) is 11.3. The Bertz CT molecular complexity index is 1410. The maximum absolute atomic E-state index is 13.0. The Labute approximate surface area is 202 Å². The van der Waals surface area contributed by atoms with Gasteiger partial charge in [0.05, 0.1) is 13.7 Å². The summed E-state index contributed by atoms with van der Waals surface area (Å²) < 4.78 is 14.8. The summed E-state index contributed by atoms with van der Waals surface area (Å²) >= 11 is 0. The molecule has 0 saturated carbocycles. The lowest BCUT2D eigenvalue weighted by molar-refractivity contribution is 0.0938. The highest BCUT2D eigenvalue weighted by Crippen LogP contribution is 2.19. The Morgan fingerprint density at radius 3 is 2.37 bits per heavy atom. The summed E-state index contributed by atoms with van der Waals surface area (Å²) in [7, 11) is 4.58. The monoisotopic (exact) mass is 479 g/mol. The van der Waals surface area contributed by atoms with E-state index in [1.165, 1.54) is 11.6 Å². The van der Waals surface area contributed by atoms with Crippen LogP contribution in [0.3, 0.4) is 0 Å². The number of aliphatic hydroxyl groups excluding tert-OH is 1. The number of benzene rings is 2. The number of hydrogen-bond donors (Lipinski definition) is 2. The van der Waals surface area contributed by atoms with Crippen molar-refractivity contribution in [2.24, 2.45) is 14.1 Å². The summed E-state index contributed by atoms with van der Waals surface area (Å²) in [6.45, 7) is 0.606. The molecule has 35 heavy (non-hydrogen) atoms. The minimum atomic E-state index is -0.939. The average Bonchev–Trinajstić information content (AvgIpc) is 3.24. The van der Waals surface area contributed by atoms with Gasteiger partial charge in [-0.25, -0.2) is 4.79 Å². The zero-order valence-corrected chi connectivity index (χ0v) is 20.0.